The molecule has 3 heterocycles. The third-order valence-corrected chi connectivity index (χ3v) is 7.48. The van der Waals surface area contributed by atoms with Gasteiger partial charge in [0.25, 0.3) is 0 Å². The lowest BCUT2D eigenvalue weighted by Crippen LogP contribution is -2.62. The van der Waals surface area contributed by atoms with Crippen LogP contribution in [0.25, 0.3) is 10.9 Å². The molecule has 2 bridgehead atoms. The number of para-hydroxylation sites is 1. The molecule has 10 heteroatoms. The number of alkyl halides is 1. The number of hydrogen-bond acceptors (Lipinski definition) is 8. The van der Waals surface area contributed by atoms with Crippen molar-refractivity contribution >= 4 is 40.2 Å². The summed E-state index contributed by atoms with van der Waals surface area (Å²) in [6.45, 7) is 7.45. The molecule has 1 saturated heterocycles. The standard InChI is InChI=1S/C28H33ClN6O3/c1-4-38-28(37)20-11-9-19(10-12-20)15-34-13-14-35-16-23-30-22-8-6-5-7-21(22)26(31-23)32-25(18(2)29)27(36)33(3)24(35)17-34/h5-12,18,24-25H,4,13-17H2,1-3H3,(H,30,31,32)/t18?,24?,25-/m0/s1. The van der Waals surface area contributed by atoms with E-state index < -0.39 is 11.4 Å². The van der Waals surface area contributed by atoms with Gasteiger partial charge in [0.15, 0.2) is 0 Å². The Morgan fingerprint density at radius 3 is 2.66 bits per heavy atom. The highest BCUT2D eigenvalue weighted by Gasteiger charge is 2.37. The number of esters is 1. The number of aromatic nitrogens is 2. The van der Waals surface area contributed by atoms with Crippen molar-refractivity contribution in [2.45, 2.75) is 44.5 Å². The van der Waals surface area contributed by atoms with Crippen LogP contribution in [0.2, 0.25) is 0 Å². The number of carbonyl (C=O) groups excluding carboxylic acids is 2. The molecule has 5 rings (SSSR count). The molecule has 200 valence electrons. The molecular formula is C28H33ClN6O3. The van der Waals surface area contributed by atoms with E-state index >= 15 is 0 Å². The quantitative estimate of drug-likeness (QED) is 0.392. The van der Waals surface area contributed by atoms with Crippen LogP contribution in [0.1, 0.15) is 35.6 Å². The second-order valence-electron chi connectivity index (χ2n) is 9.86. The number of benzene rings is 2. The van der Waals surface area contributed by atoms with Crippen LogP contribution < -0.4 is 5.32 Å². The normalized spacial score (nSPS) is 21.5. The molecule has 0 radical (unpaired) electrons. The molecular weight excluding hydrogens is 504 g/mol. The second-order valence-corrected chi connectivity index (χ2v) is 10.5. The monoisotopic (exact) mass is 536 g/mol. The molecule has 38 heavy (non-hydrogen) atoms. The van der Waals surface area contributed by atoms with Gasteiger partial charge in [-0.1, -0.05) is 24.3 Å². The van der Waals surface area contributed by atoms with Crippen LogP contribution >= 0.6 is 11.6 Å². The fraction of sp³-hybridized carbons (Fsp3) is 0.429. The molecule has 2 unspecified atom stereocenters. The molecule has 1 fully saturated rings. The molecule has 1 amide bonds. The molecule has 2 aliphatic rings. The molecule has 0 saturated carbocycles. The van der Waals surface area contributed by atoms with Crippen LogP contribution in [0, 0.1) is 0 Å². The number of anilines is 1. The largest absolute Gasteiger partial charge is 0.462 e. The summed E-state index contributed by atoms with van der Waals surface area (Å²) in [5.41, 5.74) is 2.47. The third kappa shape index (κ3) is 5.45. The van der Waals surface area contributed by atoms with Crippen LogP contribution in [0.15, 0.2) is 48.5 Å². The van der Waals surface area contributed by atoms with Gasteiger partial charge in [-0.15, -0.1) is 11.6 Å². The summed E-state index contributed by atoms with van der Waals surface area (Å²) < 4.78 is 5.09. The van der Waals surface area contributed by atoms with E-state index in [-0.39, 0.29) is 18.0 Å². The molecule has 1 N–H and O–H groups in total. The Labute approximate surface area is 227 Å². The van der Waals surface area contributed by atoms with Crippen molar-refractivity contribution < 1.29 is 14.3 Å². The van der Waals surface area contributed by atoms with Crippen molar-refractivity contribution in [3.63, 3.8) is 0 Å². The molecule has 2 aliphatic heterocycles. The van der Waals surface area contributed by atoms with Crippen molar-refractivity contribution in [1.82, 2.24) is 24.7 Å². The van der Waals surface area contributed by atoms with E-state index in [9.17, 15) is 9.59 Å². The smallest absolute Gasteiger partial charge is 0.338 e. The van der Waals surface area contributed by atoms with Gasteiger partial charge in [-0.3, -0.25) is 14.6 Å². The molecule has 0 aliphatic carbocycles. The Morgan fingerprint density at radius 1 is 1.16 bits per heavy atom. The number of nitrogens with one attached hydrogen (secondary N) is 1. The van der Waals surface area contributed by atoms with E-state index in [1.54, 1.807) is 24.0 Å². The van der Waals surface area contributed by atoms with Crippen molar-refractivity contribution in [3.05, 3.63) is 65.5 Å². The summed E-state index contributed by atoms with van der Waals surface area (Å²) in [7, 11) is 1.85. The van der Waals surface area contributed by atoms with Crippen LogP contribution in [0.4, 0.5) is 5.82 Å². The maximum absolute atomic E-state index is 13.8. The first-order chi connectivity index (χ1) is 18.3. The minimum Gasteiger partial charge on any atom is -0.462 e. The number of piperazine rings is 1. The Hall–Kier alpha value is -3.27. The average molecular weight is 537 g/mol. The van der Waals surface area contributed by atoms with Gasteiger partial charge < -0.3 is 15.0 Å². The maximum Gasteiger partial charge on any atom is 0.338 e. The maximum atomic E-state index is 13.8. The summed E-state index contributed by atoms with van der Waals surface area (Å²) in [4.78, 5) is 41.8. The zero-order valence-electron chi connectivity index (χ0n) is 21.9. The van der Waals surface area contributed by atoms with E-state index in [0.29, 0.717) is 43.4 Å². The van der Waals surface area contributed by atoms with Crippen molar-refractivity contribution in [3.8, 4) is 0 Å². The number of rotatable bonds is 5. The van der Waals surface area contributed by atoms with E-state index in [2.05, 4.69) is 15.1 Å². The first-order valence-corrected chi connectivity index (χ1v) is 13.4. The van der Waals surface area contributed by atoms with Gasteiger partial charge >= 0.3 is 5.97 Å². The minimum absolute atomic E-state index is 0.0747. The highest BCUT2D eigenvalue weighted by molar-refractivity contribution is 6.22. The second kappa shape index (κ2) is 11.2. The van der Waals surface area contributed by atoms with Gasteiger partial charge in [0.2, 0.25) is 5.91 Å². The van der Waals surface area contributed by atoms with Crippen LogP contribution in [0.5, 0.6) is 0 Å². The summed E-state index contributed by atoms with van der Waals surface area (Å²) in [5, 5.41) is 3.75. The Morgan fingerprint density at radius 2 is 1.92 bits per heavy atom. The van der Waals surface area contributed by atoms with Crippen LogP contribution in [0.3, 0.4) is 0 Å². The van der Waals surface area contributed by atoms with Gasteiger partial charge in [0.05, 0.1) is 35.8 Å². The summed E-state index contributed by atoms with van der Waals surface area (Å²) in [5.74, 6) is 0.954. The molecule has 0 spiro atoms. The summed E-state index contributed by atoms with van der Waals surface area (Å²) >= 11 is 6.55. The highest BCUT2D eigenvalue weighted by Crippen LogP contribution is 2.27. The first-order valence-electron chi connectivity index (χ1n) is 13.0. The molecule has 1 aromatic heterocycles. The first kappa shape index (κ1) is 26.3. The lowest BCUT2D eigenvalue weighted by molar-refractivity contribution is -0.140. The molecule has 2 aromatic carbocycles. The number of amides is 1. The van der Waals surface area contributed by atoms with Crippen LogP contribution in [-0.2, 0) is 22.6 Å². The molecule has 3 atom stereocenters. The van der Waals surface area contributed by atoms with Crippen LogP contribution in [-0.4, -0.2) is 87.4 Å². The number of hydrogen-bond donors (Lipinski definition) is 1. The fourth-order valence-electron chi connectivity index (χ4n) is 5.14. The van der Waals surface area contributed by atoms with Gasteiger partial charge in [0.1, 0.15) is 17.7 Å². The number of fused-ring (bicyclic) bond motifs is 5. The Balaban J connectivity index is 1.40. The minimum atomic E-state index is -0.640. The summed E-state index contributed by atoms with van der Waals surface area (Å²) in [6, 6.07) is 14.7. The average Bonchev–Trinajstić information content (AvgIpc) is 2.91. The molecule has 9 nitrogen and oxygen atoms in total. The lowest BCUT2D eigenvalue weighted by Gasteiger charge is -2.46. The number of carbonyl (C=O) groups is 2. The summed E-state index contributed by atoms with van der Waals surface area (Å²) in [6.07, 6.45) is -0.175. The van der Waals surface area contributed by atoms with Gasteiger partial charge in [-0.05, 0) is 43.7 Å². The Bertz CT molecular complexity index is 1320. The number of halogens is 1. The van der Waals surface area contributed by atoms with Gasteiger partial charge in [-0.2, -0.15) is 0 Å². The predicted molar refractivity (Wildman–Crippen MR) is 147 cm³/mol. The van der Waals surface area contributed by atoms with Crippen molar-refractivity contribution in [2.24, 2.45) is 0 Å². The molecule has 3 aromatic rings. The fourth-order valence-corrected chi connectivity index (χ4v) is 5.32. The van der Waals surface area contributed by atoms with E-state index in [4.69, 9.17) is 26.3 Å². The van der Waals surface area contributed by atoms with Gasteiger partial charge in [0, 0.05) is 38.6 Å². The number of ether oxygens (including phenoxy) is 1. The third-order valence-electron chi connectivity index (χ3n) is 7.22. The number of nitrogens with zero attached hydrogens (tertiary/aromatic N) is 5. The predicted octanol–water partition coefficient (Wildman–Crippen LogP) is 3.33. The van der Waals surface area contributed by atoms with Gasteiger partial charge in [-0.25, -0.2) is 14.8 Å². The van der Waals surface area contributed by atoms with Crippen molar-refractivity contribution in [1.29, 1.82) is 0 Å². The zero-order chi connectivity index (χ0) is 26.8. The topological polar surface area (TPSA) is 90.9 Å². The number of likely N-dealkylation sites (N-methyl/N-ethyl adjacent to an activating group) is 1. The lowest BCUT2D eigenvalue weighted by atomic mass is 10.1. The zero-order valence-corrected chi connectivity index (χ0v) is 22.7. The van der Waals surface area contributed by atoms with E-state index in [1.807, 2.05) is 50.4 Å². The SMILES string of the molecule is CCOC(=O)c1ccc(CN2CCN3Cc4nc(c5ccccc5n4)N[C@@H](C(C)Cl)C(=O)N(C)C3C2)cc1. The highest BCUT2D eigenvalue weighted by atomic mass is 35.5. The van der Waals surface area contributed by atoms with Crippen molar-refractivity contribution in [2.75, 3.05) is 38.6 Å². The van der Waals surface area contributed by atoms with E-state index in [0.717, 1.165) is 29.6 Å². The van der Waals surface area contributed by atoms with E-state index in [1.165, 1.54) is 0 Å². The Kier molecular flexibility index (Phi) is 7.78.